The molecule has 3 saturated heterocycles. The van der Waals surface area contributed by atoms with Crippen molar-refractivity contribution >= 4 is 17.5 Å². The van der Waals surface area contributed by atoms with Crippen LogP contribution in [0.2, 0.25) is 0 Å². The summed E-state index contributed by atoms with van der Waals surface area (Å²) < 4.78 is 44.8. The lowest BCUT2D eigenvalue weighted by Crippen LogP contribution is -2.35. The van der Waals surface area contributed by atoms with Crippen LogP contribution in [0, 0.1) is 18.8 Å². The van der Waals surface area contributed by atoms with Gasteiger partial charge < -0.3 is 4.74 Å². The molecule has 1 aromatic heterocycles. The lowest BCUT2D eigenvalue weighted by molar-refractivity contribution is -0.140. The number of alkyl halides is 3. The molecule has 0 aliphatic carbocycles. The van der Waals surface area contributed by atoms with Gasteiger partial charge in [0, 0.05) is 0 Å². The number of ether oxygens (including phenoxy) is 1. The van der Waals surface area contributed by atoms with Crippen LogP contribution in [0.5, 0.6) is 0 Å². The SMILES string of the molecule is Cc1[nH]nc(C(F)(F)F)c1N1C(=O)[C@@H]2[C@@H](C1=O)[C@H]1CC[C@H]2O1. The highest BCUT2D eigenvalue weighted by molar-refractivity contribution is 6.23. The minimum absolute atomic E-state index is 0.0438. The van der Waals surface area contributed by atoms with Crippen LogP contribution in [-0.4, -0.2) is 34.2 Å². The molecule has 1 aromatic rings. The number of anilines is 1. The number of nitrogens with one attached hydrogen (secondary N) is 1. The first-order valence-electron chi connectivity index (χ1n) is 6.96. The van der Waals surface area contributed by atoms with Crippen LogP contribution >= 0.6 is 0 Å². The van der Waals surface area contributed by atoms with Crippen molar-refractivity contribution in [2.75, 3.05) is 4.90 Å². The van der Waals surface area contributed by atoms with E-state index in [4.69, 9.17) is 4.74 Å². The molecule has 4 atom stereocenters. The van der Waals surface area contributed by atoms with E-state index >= 15 is 0 Å². The van der Waals surface area contributed by atoms with Gasteiger partial charge in [-0.3, -0.25) is 14.7 Å². The highest BCUT2D eigenvalue weighted by atomic mass is 19.4. The van der Waals surface area contributed by atoms with Gasteiger partial charge in [-0.15, -0.1) is 0 Å². The number of rotatable bonds is 1. The van der Waals surface area contributed by atoms with Gasteiger partial charge >= 0.3 is 6.18 Å². The summed E-state index contributed by atoms with van der Waals surface area (Å²) in [6.07, 6.45) is -4.14. The van der Waals surface area contributed by atoms with Gasteiger partial charge in [-0.1, -0.05) is 0 Å². The molecular weight excluding hydrogens is 303 g/mol. The largest absolute Gasteiger partial charge is 0.437 e. The Bertz CT molecular complexity index is 656. The molecule has 4 heterocycles. The van der Waals surface area contributed by atoms with E-state index in [1.54, 1.807) is 0 Å². The molecule has 118 valence electrons. The summed E-state index contributed by atoms with van der Waals surface area (Å²) in [5, 5.41) is 5.44. The van der Waals surface area contributed by atoms with Crippen LogP contribution in [0.15, 0.2) is 0 Å². The van der Waals surface area contributed by atoms with Crippen molar-refractivity contribution in [1.82, 2.24) is 10.2 Å². The summed E-state index contributed by atoms with van der Waals surface area (Å²) in [5.41, 5.74) is -1.67. The van der Waals surface area contributed by atoms with Crippen LogP contribution < -0.4 is 4.90 Å². The Hall–Kier alpha value is -1.90. The predicted octanol–water partition coefficient (Wildman–Crippen LogP) is 1.40. The van der Waals surface area contributed by atoms with E-state index in [2.05, 4.69) is 10.2 Å². The molecule has 0 aromatic carbocycles. The summed E-state index contributed by atoms with van der Waals surface area (Å²) in [5.74, 6) is -2.56. The van der Waals surface area contributed by atoms with Gasteiger partial charge in [0.25, 0.3) is 0 Å². The Morgan fingerprint density at radius 2 is 1.73 bits per heavy atom. The molecule has 2 bridgehead atoms. The number of halogens is 3. The van der Waals surface area contributed by atoms with E-state index in [-0.39, 0.29) is 17.9 Å². The maximum atomic E-state index is 13.1. The molecule has 3 aliphatic heterocycles. The van der Waals surface area contributed by atoms with Crippen molar-refractivity contribution in [1.29, 1.82) is 0 Å². The second-order valence-corrected chi connectivity index (χ2v) is 5.90. The van der Waals surface area contributed by atoms with Crippen molar-refractivity contribution in [2.45, 2.75) is 38.1 Å². The molecule has 4 rings (SSSR count). The molecule has 1 N–H and O–H groups in total. The fraction of sp³-hybridized carbons (Fsp3) is 0.615. The summed E-state index contributed by atoms with van der Waals surface area (Å²) in [7, 11) is 0. The Labute approximate surface area is 122 Å². The second kappa shape index (κ2) is 4.09. The molecule has 2 amide bonds. The summed E-state index contributed by atoms with van der Waals surface area (Å²) in [6, 6.07) is 0. The van der Waals surface area contributed by atoms with E-state index in [1.807, 2.05) is 0 Å². The minimum Gasteiger partial charge on any atom is -0.373 e. The van der Waals surface area contributed by atoms with Crippen LogP contribution in [0.4, 0.5) is 18.9 Å². The average Bonchev–Trinajstić information content (AvgIpc) is 3.14. The minimum atomic E-state index is -4.74. The van der Waals surface area contributed by atoms with Gasteiger partial charge in [-0.05, 0) is 19.8 Å². The monoisotopic (exact) mass is 315 g/mol. The van der Waals surface area contributed by atoms with E-state index in [0.29, 0.717) is 17.7 Å². The zero-order chi connectivity index (χ0) is 15.8. The van der Waals surface area contributed by atoms with Gasteiger partial charge in [-0.25, -0.2) is 4.90 Å². The number of amides is 2. The standard InChI is InChI=1S/C13H12F3N3O3/c1-4-9(10(18-17-4)13(14,15)16)19-11(20)7-5-2-3-6(22-5)8(7)12(19)21/h5-8H,2-3H2,1H3,(H,17,18)/t5-,6-,7+,8+/m1/s1. The zero-order valence-corrected chi connectivity index (χ0v) is 11.5. The number of carbonyl (C=O) groups excluding carboxylic acids is 2. The number of aryl methyl sites for hydroxylation is 1. The number of imide groups is 1. The molecule has 3 fully saturated rings. The normalized spacial score (nSPS) is 33.9. The maximum absolute atomic E-state index is 13.1. The first kappa shape index (κ1) is 13.7. The molecule has 9 heteroatoms. The molecule has 3 aliphatic rings. The van der Waals surface area contributed by atoms with E-state index in [0.717, 1.165) is 0 Å². The second-order valence-electron chi connectivity index (χ2n) is 5.90. The number of hydrogen-bond donors (Lipinski definition) is 1. The summed E-state index contributed by atoms with van der Waals surface area (Å²) >= 11 is 0. The van der Waals surface area contributed by atoms with Crippen LogP contribution in [-0.2, 0) is 20.5 Å². The van der Waals surface area contributed by atoms with Crippen LogP contribution in [0.1, 0.15) is 24.2 Å². The third-order valence-corrected chi connectivity index (χ3v) is 4.69. The van der Waals surface area contributed by atoms with Crippen LogP contribution in [0.25, 0.3) is 0 Å². The Morgan fingerprint density at radius 1 is 1.18 bits per heavy atom. The molecule has 0 saturated carbocycles. The van der Waals surface area contributed by atoms with Gasteiger partial charge in [0.15, 0.2) is 5.69 Å². The summed E-state index contributed by atoms with van der Waals surface area (Å²) in [4.78, 5) is 25.7. The Kier molecular flexibility index (Phi) is 2.56. The topological polar surface area (TPSA) is 75.3 Å². The zero-order valence-electron chi connectivity index (χ0n) is 11.5. The molecular formula is C13H12F3N3O3. The van der Waals surface area contributed by atoms with E-state index in [1.165, 1.54) is 6.92 Å². The van der Waals surface area contributed by atoms with Crippen molar-refractivity contribution in [2.24, 2.45) is 11.8 Å². The fourth-order valence-corrected chi connectivity index (χ4v) is 3.83. The Balaban J connectivity index is 1.80. The molecule has 6 nitrogen and oxygen atoms in total. The highest BCUT2D eigenvalue weighted by Crippen LogP contribution is 2.50. The number of fused-ring (bicyclic) bond motifs is 5. The molecule has 0 unspecified atom stereocenters. The third kappa shape index (κ3) is 1.57. The van der Waals surface area contributed by atoms with Gasteiger partial charge in [0.2, 0.25) is 11.8 Å². The van der Waals surface area contributed by atoms with E-state index in [9.17, 15) is 22.8 Å². The first-order chi connectivity index (χ1) is 10.3. The maximum Gasteiger partial charge on any atom is 0.437 e. The molecule has 0 radical (unpaired) electrons. The van der Waals surface area contributed by atoms with Crippen molar-refractivity contribution < 1.29 is 27.5 Å². The molecule has 22 heavy (non-hydrogen) atoms. The van der Waals surface area contributed by atoms with Crippen molar-refractivity contribution in [3.63, 3.8) is 0 Å². The number of aromatic nitrogens is 2. The van der Waals surface area contributed by atoms with Crippen molar-refractivity contribution in [3.05, 3.63) is 11.4 Å². The number of carbonyl (C=O) groups is 2. The lowest BCUT2D eigenvalue weighted by atomic mass is 9.81. The number of hydrogen-bond acceptors (Lipinski definition) is 4. The number of aromatic amines is 1. The third-order valence-electron chi connectivity index (χ3n) is 4.69. The number of nitrogens with zero attached hydrogens (tertiary/aromatic N) is 2. The quantitative estimate of drug-likeness (QED) is 0.795. The number of H-pyrrole nitrogens is 1. The van der Waals surface area contributed by atoms with E-state index < -0.39 is 41.2 Å². The van der Waals surface area contributed by atoms with Gasteiger partial charge in [0.05, 0.1) is 29.7 Å². The summed E-state index contributed by atoms with van der Waals surface area (Å²) in [6.45, 7) is 1.36. The predicted molar refractivity (Wildman–Crippen MR) is 65.7 cm³/mol. The average molecular weight is 315 g/mol. The Morgan fingerprint density at radius 3 is 2.23 bits per heavy atom. The molecule has 0 spiro atoms. The fourth-order valence-electron chi connectivity index (χ4n) is 3.83. The smallest absolute Gasteiger partial charge is 0.373 e. The van der Waals surface area contributed by atoms with Crippen molar-refractivity contribution in [3.8, 4) is 0 Å². The van der Waals surface area contributed by atoms with Gasteiger partial charge in [0.1, 0.15) is 5.69 Å². The lowest BCUT2D eigenvalue weighted by Gasteiger charge is -2.19. The first-order valence-corrected chi connectivity index (χ1v) is 6.96. The van der Waals surface area contributed by atoms with Crippen LogP contribution in [0.3, 0.4) is 0 Å². The highest BCUT2D eigenvalue weighted by Gasteiger charge is 2.63. The van der Waals surface area contributed by atoms with Gasteiger partial charge in [-0.2, -0.15) is 18.3 Å².